The van der Waals surface area contributed by atoms with Crippen LogP contribution in [0.15, 0.2) is 0 Å². The monoisotopic (exact) mass is 312 g/mol. The highest BCUT2D eigenvalue weighted by molar-refractivity contribution is 5.83. The molecule has 0 amide bonds. The summed E-state index contributed by atoms with van der Waals surface area (Å²) in [5.41, 5.74) is 0. The van der Waals surface area contributed by atoms with Gasteiger partial charge >= 0.3 is 17.9 Å². The van der Waals surface area contributed by atoms with Crippen molar-refractivity contribution in [3.8, 4) is 0 Å². The Bertz CT molecular complexity index is 345. The smallest absolute Gasteiger partial charge is 0.335 e. The SMILES string of the molecule is C[N+](C)(C)C[C@@H](O)CC(=O)O.O=C(O)C(O)C(O)C(=O)O. The van der Waals surface area contributed by atoms with Gasteiger partial charge in [-0.2, -0.15) is 0 Å². The number of carbonyl (C=O) groups is 3. The lowest BCUT2D eigenvalue weighted by Crippen LogP contribution is -2.42. The Balaban J connectivity index is 0. The second-order valence-electron chi connectivity index (χ2n) is 5.29. The quantitative estimate of drug-likeness (QED) is 0.276. The molecule has 3 atom stereocenters. The number of hydrogen-bond acceptors (Lipinski definition) is 6. The molecule has 2 unspecified atom stereocenters. The summed E-state index contributed by atoms with van der Waals surface area (Å²) in [6.07, 6.45) is -5.45. The van der Waals surface area contributed by atoms with Crippen molar-refractivity contribution in [3.05, 3.63) is 0 Å². The van der Waals surface area contributed by atoms with Crippen molar-refractivity contribution in [2.45, 2.75) is 24.7 Å². The van der Waals surface area contributed by atoms with Crippen molar-refractivity contribution in [1.29, 1.82) is 0 Å². The molecule has 0 heterocycles. The maximum atomic E-state index is 10.1. The molecule has 124 valence electrons. The second kappa shape index (κ2) is 9.23. The molecule has 0 aromatic heterocycles. The predicted octanol–water partition coefficient (Wildman–Crippen LogP) is -2.59. The largest absolute Gasteiger partial charge is 0.481 e. The Labute approximate surface area is 121 Å². The van der Waals surface area contributed by atoms with E-state index >= 15 is 0 Å². The van der Waals surface area contributed by atoms with Gasteiger partial charge in [-0.3, -0.25) is 4.79 Å². The Kier molecular flexibility index (Phi) is 9.47. The van der Waals surface area contributed by atoms with E-state index in [0.717, 1.165) is 0 Å². The fraction of sp³-hybridized carbons (Fsp3) is 0.727. The summed E-state index contributed by atoms with van der Waals surface area (Å²) >= 11 is 0. The van der Waals surface area contributed by atoms with Gasteiger partial charge in [0, 0.05) is 0 Å². The summed E-state index contributed by atoms with van der Waals surface area (Å²) in [4.78, 5) is 29.7. The van der Waals surface area contributed by atoms with Crippen LogP contribution in [0, 0.1) is 0 Å². The molecule has 0 rings (SSSR count). The number of rotatable bonds is 7. The number of aliphatic carboxylic acids is 3. The fourth-order valence-corrected chi connectivity index (χ4v) is 1.17. The Hall–Kier alpha value is -1.75. The number of carboxylic acids is 3. The molecule has 0 saturated carbocycles. The number of hydrogen-bond donors (Lipinski definition) is 6. The zero-order chi connectivity index (χ0) is 17.4. The summed E-state index contributed by atoms with van der Waals surface area (Å²) in [6, 6.07) is 0. The van der Waals surface area contributed by atoms with E-state index in [1.807, 2.05) is 21.1 Å². The summed E-state index contributed by atoms with van der Waals surface area (Å²) in [5.74, 6) is -4.49. The molecule has 6 N–H and O–H groups in total. The van der Waals surface area contributed by atoms with Gasteiger partial charge in [0.1, 0.15) is 12.6 Å². The number of quaternary nitrogens is 1. The van der Waals surface area contributed by atoms with E-state index in [0.29, 0.717) is 11.0 Å². The summed E-state index contributed by atoms with van der Waals surface area (Å²) in [7, 11) is 5.72. The molecule has 0 aliphatic carbocycles. The average molecular weight is 312 g/mol. The van der Waals surface area contributed by atoms with Gasteiger partial charge in [-0.1, -0.05) is 0 Å². The van der Waals surface area contributed by atoms with Gasteiger partial charge < -0.3 is 35.1 Å². The first-order chi connectivity index (χ1) is 9.27. The minimum absolute atomic E-state index is 0.171. The van der Waals surface area contributed by atoms with Crippen LogP contribution in [0.5, 0.6) is 0 Å². The van der Waals surface area contributed by atoms with Crippen LogP contribution in [0.1, 0.15) is 6.42 Å². The highest BCUT2D eigenvalue weighted by Gasteiger charge is 2.29. The highest BCUT2D eigenvalue weighted by Crippen LogP contribution is 1.98. The molecule has 0 bridgehead atoms. The standard InChI is InChI=1S/C7H15NO3.C4H6O6/c1-8(2,3)5-6(9)4-7(10)11;5-1(3(7)8)2(6)4(9)10/h6,9H,4-5H2,1-3H3;1-2,5-6H,(H,7,8)(H,9,10)/p+1/t6-;/m0./s1. The van der Waals surface area contributed by atoms with Crippen molar-refractivity contribution >= 4 is 17.9 Å². The molecule has 10 nitrogen and oxygen atoms in total. The van der Waals surface area contributed by atoms with E-state index in [9.17, 15) is 14.4 Å². The Morgan fingerprint density at radius 2 is 1.19 bits per heavy atom. The average Bonchev–Trinajstić information content (AvgIpc) is 2.23. The van der Waals surface area contributed by atoms with Crippen LogP contribution in [0.2, 0.25) is 0 Å². The number of likely N-dealkylation sites (N-methyl/N-ethyl adjacent to an activating group) is 1. The highest BCUT2D eigenvalue weighted by atomic mass is 16.4. The minimum Gasteiger partial charge on any atom is -0.481 e. The fourth-order valence-electron chi connectivity index (χ4n) is 1.17. The van der Waals surface area contributed by atoms with Crippen LogP contribution >= 0.6 is 0 Å². The van der Waals surface area contributed by atoms with E-state index in [2.05, 4.69) is 0 Å². The molecule has 0 saturated heterocycles. The van der Waals surface area contributed by atoms with E-state index in [4.69, 9.17) is 30.6 Å². The molecule has 0 aliphatic rings. The maximum Gasteiger partial charge on any atom is 0.335 e. The van der Waals surface area contributed by atoms with E-state index < -0.39 is 36.2 Å². The Morgan fingerprint density at radius 3 is 1.38 bits per heavy atom. The molecule has 0 aromatic rings. The number of nitrogens with zero attached hydrogens (tertiary/aromatic N) is 1. The zero-order valence-corrected chi connectivity index (χ0v) is 12.0. The predicted molar refractivity (Wildman–Crippen MR) is 68.4 cm³/mol. The van der Waals surface area contributed by atoms with Crippen molar-refractivity contribution in [2.75, 3.05) is 27.7 Å². The van der Waals surface area contributed by atoms with Crippen molar-refractivity contribution < 1.29 is 49.5 Å². The molecule has 21 heavy (non-hydrogen) atoms. The van der Waals surface area contributed by atoms with Crippen LogP contribution in [0.3, 0.4) is 0 Å². The molecule has 0 aromatic carbocycles. The normalized spacial score (nSPS) is 15.1. The molecule has 0 spiro atoms. The summed E-state index contributed by atoms with van der Waals surface area (Å²) in [5, 5.41) is 50.0. The first-order valence-corrected chi connectivity index (χ1v) is 5.80. The maximum absolute atomic E-state index is 10.1. The topological polar surface area (TPSA) is 173 Å². The van der Waals surface area contributed by atoms with Gasteiger partial charge in [0.05, 0.1) is 27.6 Å². The van der Waals surface area contributed by atoms with E-state index in [1.165, 1.54) is 0 Å². The zero-order valence-electron chi connectivity index (χ0n) is 12.0. The number of aliphatic hydroxyl groups is 3. The van der Waals surface area contributed by atoms with Crippen LogP contribution in [-0.2, 0) is 14.4 Å². The van der Waals surface area contributed by atoms with Gasteiger partial charge in [0.25, 0.3) is 0 Å². The summed E-state index contributed by atoms with van der Waals surface area (Å²) < 4.78 is 0.578. The molecule has 0 radical (unpaired) electrons. The third kappa shape index (κ3) is 13.0. The molecule has 0 aliphatic heterocycles. The lowest BCUT2D eigenvalue weighted by atomic mass is 10.2. The Morgan fingerprint density at radius 1 is 0.857 bits per heavy atom. The lowest BCUT2D eigenvalue weighted by Gasteiger charge is -2.25. The summed E-state index contributed by atoms with van der Waals surface area (Å²) in [6.45, 7) is 0.465. The molecular formula is C11H22NO9+. The lowest BCUT2D eigenvalue weighted by molar-refractivity contribution is -0.873. The van der Waals surface area contributed by atoms with Gasteiger partial charge in [-0.15, -0.1) is 0 Å². The van der Waals surface area contributed by atoms with Crippen molar-refractivity contribution in [3.63, 3.8) is 0 Å². The molecular weight excluding hydrogens is 290 g/mol. The second-order valence-corrected chi connectivity index (χ2v) is 5.29. The first-order valence-electron chi connectivity index (χ1n) is 5.80. The minimum atomic E-state index is -2.27. The van der Waals surface area contributed by atoms with Crippen LogP contribution in [0.25, 0.3) is 0 Å². The first kappa shape index (κ1) is 21.5. The van der Waals surface area contributed by atoms with Gasteiger partial charge in [0.2, 0.25) is 0 Å². The van der Waals surface area contributed by atoms with Crippen LogP contribution in [0.4, 0.5) is 0 Å². The van der Waals surface area contributed by atoms with Crippen molar-refractivity contribution in [1.82, 2.24) is 0 Å². The van der Waals surface area contributed by atoms with Crippen LogP contribution in [-0.4, -0.2) is 99.0 Å². The number of aliphatic hydroxyl groups excluding tert-OH is 3. The van der Waals surface area contributed by atoms with E-state index in [1.54, 1.807) is 0 Å². The molecule has 0 fully saturated rings. The third-order valence-corrected chi connectivity index (χ3v) is 1.97. The third-order valence-electron chi connectivity index (χ3n) is 1.97. The van der Waals surface area contributed by atoms with Gasteiger partial charge in [-0.25, -0.2) is 9.59 Å². The molecule has 10 heteroatoms. The number of carboxylic acid groups (broad SMARTS) is 3. The van der Waals surface area contributed by atoms with Gasteiger partial charge in [0.15, 0.2) is 12.2 Å². The van der Waals surface area contributed by atoms with E-state index in [-0.39, 0.29) is 6.42 Å². The van der Waals surface area contributed by atoms with Gasteiger partial charge in [-0.05, 0) is 0 Å². The van der Waals surface area contributed by atoms with Crippen LogP contribution < -0.4 is 0 Å². The van der Waals surface area contributed by atoms with Crippen molar-refractivity contribution in [2.24, 2.45) is 0 Å².